The number of benzene rings is 2. The Morgan fingerprint density at radius 3 is 2.67 bits per heavy atom. The molecule has 3 nitrogen and oxygen atoms in total. The van der Waals surface area contributed by atoms with Crippen LogP contribution in [0.25, 0.3) is 5.69 Å². The van der Waals surface area contributed by atoms with Crippen LogP contribution in [-0.2, 0) is 6.61 Å². The Morgan fingerprint density at radius 2 is 1.90 bits per heavy atom. The smallest absolute Gasteiger partial charge is 0.177 e. The Kier molecular flexibility index (Phi) is 3.93. The summed E-state index contributed by atoms with van der Waals surface area (Å²) < 4.78 is 7.42. The summed E-state index contributed by atoms with van der Waals surface area (Å²) >= 11 is 6.35. The summed E-state index contributed by atoms with van der Waals surface area (Å²) in [7, 11) is 0. The second kappa shape index (κ2) is 6.02. The van der Waals surface area contributed by atoms with Gasteiger partial charge in [-0.05, 0) is 30.2 Å². The van der Waals surface area contributed by atoms with E-state index in [9.17, 15) is 0 Å². The highest BCUT2D eigenvalue weighted by atomic mass is 35.5. The number of hydrogen-bond acceptors (Lipinski definition) is 2. The fourth-order valence-electron chi connectivity index (χ4n) is 2.09. The minimum atomic E-state index is 0.472. The summed E-state index contributed by atoms with van der Waals surface area (Å²) in [5.74, 6) is 0.585. The zero-order chi connectivity index (χ0) is 14.7. The molecule has 2 aromatic carbocycles. The Labute approximate surface area is 128 Å². The van der Waals surface area contributed by atoms with Crippen molar-refractivity contribution < 1.29 is 4.74 Å². The lowest BCUT2D eigenvalue weighted by Crippen LogP contribution is -1.98. The van der Waals surface area contributed by atoms with E-state index in [-0.39, 0.29) is 0 Å². The Bertz CT molecular complexity index is 738. The molecule has 0 radical (unpaired) electrons. The van der Waals surface area contributed by atoms with Gasteiger partial charge >= 0.3 is 0 Å². The van der Waals surface area contributed by atoms with E-state index in [4.69, 9.17) is 16.3 Å². The van der Waals surface area contributed by atoms with Gasteiger partial charge in [-0.3, -0.25) is 0 Å². The van der Waals surface area contributed by atoms with E-state index in [1.54, 1.807) is 10.9 Å². The standard InChI is InChI=1S/C17H15ClN2O/c1-13-6-5-9-15(10-13)20-17(18)16(11-19-20)21-12-14-7-3-2-4-8-14/h2-11H,12H2,1H3. The summed E-state index contributed by atoms with van der Waals surface area (Å²) in [4.78, 5) is 0. The van der Waals surface area contributed by atoms with E-state index < -0.39 is 0 Å². The fourth-order valence-corrected chi connectivity index (χ4v) is 2.33. The maximum absolute atomic E-state index is 6.35. The summed E-state index contributed by atoms with van der Waals surface area (Å²) in [5, 5.41) is 4.78. The lowest BCUT2D eigenvalue weighted by molar-refractivity contribution is 0.306. The Morgan fingerprint density at radius 1 is 1.10 bits per heavy atom. The van der Waals surface area contributed by atoms with Gasteiger partial charge in [-0.25, -0.2) is 4.68 Å². The zero-order valence-electron chi connectivity index (χ0n) is 11.7. The number of aryl methyl sites for hydroxylation is 1. The predicted molar refractivity (Wildman–Crippen MR) is 84.1 cm³/mol. The molecule has 0 saturated heterocycles. The van der Waals surface area contributed by atoms with Crippen molar-refractivity contribution in [2.24, 2.45) is 0 Å². The normalized spacial score (nSPS) is 10.6. The van der Waals surface area contributed by atoms with E-state index in [1.807, 2.05) is 61.5 Å². The molecule has 0 aliphatic rings. The number of halogens is 1. The molecular weight excluding hydrogens is 284 g/mol. The van der Waals surface area contributed by atoms with Crippen molar-refractivity contribution in [2.75, 3.05) is 0 Å². The first-order chi connectivity index (χ1) is 10.2. The molecule has 0 aliphatic heterocycles. The van der Waals surface area contributed by atoms with E-state index in [0.717, 1.165) is 16.8 Å². The van der Waals surface area contributed by atoms with Gasteiger partial charge in [-0.1, -0.05) is 54.1 Å². The van der Waals surface area contributed by atoms with Crippen molar-refractivity contribution in [2.45, 2.75) is 13.5 Å². The molecule has 0 fully saturated rings. The highest BCUT2D eigenvalue weighted by Crippen LogP contribution is 2.27. The summed E-state index contributed by atoms with van der Waals surface area (Å²) in [6.07, 6.45) is 1.65. The van der Waals surface area contributed by atoms with Gasteiger partial charge in [0.2, 0.25) is 0 Å². The second-order valence-corrected chi connectivity index (χ2v) is 5.18. The molecule has 0 atom stereocenters. The van der Waals surface area contributed by atoms with Crippen LogP contribution in [0.3, 0.4) is 0 Å². The van der Waals surface area contributed by atoms with Crippen molar-refractivity contribution >= 4 is 11.6 Å². The molecule has 3 aromatic rings. The maximum Gasteiger partial charge on any atom is 0.177 e. The van der Waals surface area contributed by atoms with Gasteiger partial charge in [0.25, 0.3) is 0 Å². The van der Waals surface area contributed by atoms with Crippen molar-refractivity contribution in [1.82, 2.24) is 9.78 Å². The molecule has 0 unspecified atom stereocenters. The summed E-state index contributed by atoms with van der Waals surface area (Å²) in [6, 6.07) is 18.0. The zero-order valence-corrected chi connectivity index (χ0v) is 12.4. The van der Waals surface area contributed by atoms with Crippen LogP contribution in [0.15, 0.2) is 60.8 Å². The lowest BCUT2D eigenvalue weighted by Gasteiger charge is -2.06. The molecule has 0 amide bonds. The van der Waals surface area contributed by atoms with E-state index in [2.05, 4.69) is 5.10 Å². The van der Waals surface area contributed by atoms with Crippen LogP contribution in [0.2, 0.25) is 5.15 Å². The largest absolute Gasteiger partial charge is 0.484 e. The molecule has 1 aromatic heterocycles. The van der Waals surface area contributed by atoms with Crippen molar-refractivity contribution in [3.05, 3.63) is 77.1 Å². The topological polar surface area (TPSA) is 27.1 Å². The quantitative estimate of drug-likeness (QED) is 0.713. The van der Waals surface area contributed by atoms with Crippen molar-refractivity contribution in [3.8, 4) is 11.4 Å². The van der Waals surface area contributed by atoms with Gasteiger partial charge in [0.1, 0.15) is 6.61 Å². The van der Waals surface area contributed by atoms with Gasteiger partial charge in [0.15, 0.2) is 10.9 Å². The van der Waals surface area contributed by atoms with Crippen LogP contribution < -0.4 is 4.74 Å². The molecule has 3 rings (SSSR count). The fraction of sp³-hybridized carbons (Fsp3) is 0.118. The number of aromatic nitrogens is 2. The van der Waals surface area contributed by atoms with Crippen LogP contribution in [0.4, 0.5) is 0 Å². The van der Waals surface area contributed by atoms with Gasteiger partial charge < -0.3 is 4.74 Å². The highest BCUT2D eigenvalue weighted by molar-refractivity contribution is 6.31. The van der Waals surface area contributed by atoms with Gasteiger partial charge in [-0.2, -0.15) is 5.10 Å². The van der Waals surface area contributed by atoms with Crippen molar-refractivity contribution in [1.29, 1.82) is 0 Å². The first-order valence-corrected chi connectivity index (χ1v) is 7.09. The summed E-state index contributed by atoms with van der Waals surface area (Å²) in [5.41, 5.74) is 3.18. The molecule has 106 valence electrons. The number of ether oxygens (including phenoxy) is 1. The summed E-state index contributed by atoms with van der Waals surface area (Å²) in [6.45, 7) is 2.51. The van der Waals surface area contributed by atoms with Crippen LogP contribution in [-0.4, -0.2) is 9.78 Å². The van der Waals surface area contributed by atoms with Crippen LogP contribution in [0.1, 0.15) is 11.1 Å². The molecule has 0 bridgehead atoms. The van der Waals surface area contributed by atoms with Gasteiger partial charge in [-0.15, -0.1) is 0 Å². The number of rotatable bonds is 4. The van der Waals surface area contributed by atoms with E-state index in [0.29, 0.717) is 17.5 Å². The minimum absolute atomic E-state index is 0.472. The first-order valence-electron chi connectivity index (χ1n) is 6.71. The molecule has 0 N–H and O–H groups in total. The molecule has 0 spiro atoms. The lowest BCUT2D eigenvalue weighted by atomic mass is 10.2. The monoisotopic (exact) mass is 298 g/mol. The van der Waals surface area contributed by atoms with Crippen LogP contribution in [0.5, 0.6) is 5.75 Å². The van der Waals surface area contributed by atoms with E-state index in [1.165, 1.54) is 0 Å². The van der Waals surface area contributed by atoms with Crippen LogP contribution >= 0.6 is 11.6 Å². The minimum Gasteiger partial charge on any atom is -0.484 e. The molecular formula is C17H15ClN2O. The van der Waals surface area contributed by atoms with Crippen LogP contribution in [0, 0.1) is 6.92 Å². The van der Waals surface area contributed by atoms with Crippen molar-refractivity contribution in [3.63, 3.8) is 0 Å². The van der Waals surface area contributed by atoms with E-state index >= 15 is 0 Å². The third kappa shape index (κ3) is 3.09. The molecule has 21 heavy (non-hydrogen) atoms. The SMILES string of the molecule is Cc1cccc(-n2ncc(OCc3ccccc3)c2Cl)c1. The predicted octanol–water partition coefficient (Wildman–Crippen LogP) is 4.41. The molecule has 4 heteroatoms. The van der Waals surface area contributed by atoms with Gasteiger partial charge in [0, 0.05) is 0 Å². The Balaban J connectivity index is 1.80. The average Bonchev–Trinajstić information content (AvgIpc) is 2.87. The highest BCUT2D eigenvalue weighted by Gasteiger charge is 2.11. The third-order valence-electron chi connectivity index (χ3n) is 3.16. The molecule has 0 saturated carbocycles. The Hall–Kier alpha value is -2.26. The third-order valence-corrected chi connectivity index (χ3v) is 3.51. The first kappa shape index (κ1) is 13.7. The number of hydrogen-bond donors (Lipinski definition) is 0. The number of nitrogens with zero attached hydrogens (tertiary/aromatic N) is 2. The molecule has 0 aliphatic carbocycles. The second-order valence-electron chi connectivity index (χ2n) is 4.82. The molecule has 1 heterocycles. The van der Waals surface area contributed by atoms with Gasteiger partial charge in [0.05, 0.1) is 11.9 Å². The average molecular weight is 299 g/mol. The maximum atomic E-state index is 6.35.